The minimum atomic E-state index is -0.855. The second-order valence-corrected chi connectivity index (χ2v) is 11.5. The van der Waals surface area contributed by atoms with Crippen molar-refractivity contribution in [3.05, 3.63) is 35.9 Å². The summed E-state index contributed by atoms with van der Waals surface area (Å²) in [6, 6.07) is 7.78. The van der Waals surface area contributed by atoms with Crippen LogP contribution in [0.25, 0.3) is 0 Å². The van der Waals surface area contributed by atoms with Gasteiger partial charge in [0, 0.05) is 44.9 Å². The lowest BCUT2D eigenvalue weighted by molar-refractivity contribution is -0.149. The Labute approximate surface area is 248 Å². The Balaban J connectivity index is 1.55. The molecule has 42 heavy (non-hydrogen) atoms. The normalized spacial score (nSPS) is 17.1. The highest BCUT2D eigenvalue weighted by Crippen LogP contribution is 2.40. The van der Waals surface area contributed by atoms with Crippen LogP contribution in [0, 0.1) is 5.41 Å². The molecule has 2 fully saturated rings. The zero-order valence-electron chi connectivity index (χ0n) is 25.2. The zero-order chi connectivity index (χ0) is 30.5. The van der Waals surface area contributed by atoms with E-state index in [1.165, 1.54) is 0 Å². The van der Waals surface area contributed by atoms with Crippen LogP contribution in [0.5, 0.6) is 0 Å². The van der Waals surface area contributed by atoms with Crippen molar-refractivity contribution in [2.75, 3.05) is 59.9 Å². The van der Waals surface area contributed by atoms with E-state index in [1.54, 1.807) is 14.0 Å². The smallest absolute Gasteiger partial charge is 0.245 e. The number of rotatable bonds is 15. The van der Waals surface area contributed by atoms with Crippen LogP contribution in [0.3, 0.4) is 0 Å². The van der Waals surface area contributed by atoms with Crippen LogP contribution in [0.2, 0.25) is 0 Å². The molecule has 1 spiro atoms. The Hall–Kier alpha value is -3.51. The molecule has 2 heterocycles. The molecule has 1 unspecified atom stereocenters. The van der Waals surface area contributed by atoms with E-state index in [0.29, 0.717) is 19.5 Å². The molecule has 1 aromatic carbocycles. The fraction of sp³-hybridized carbons (Fsp3) is 0.633. The topological polar surface area (TPSA) is 152 Å². The molecule has 2 aliphatic rings. The third-order valence-electron chi connectivity index (χ3n) is 8.13. The van der Waals surface area contributed by atoms with Gasteiger partial charge in [-0.3, -0.25) is 24.0 Å². The SMILES string of the molecule is CNCCCC[C@@H](NC(=O)CNC(=O)C(Cc1ccccc1)NC(=O)CNC)C(=O)N1CCC2(CC1)CN(C(C)=O)C2. The van der Waals surface area contributed by atoms with Crippen molar-refractivity contribution < 1.29 is 24.0 Å². The minimum absolute atomic E-state index is 0.0585. The molecule has 12 nitrogen and oxygen atoms in total. The zero-order valence-corrected chi connectivity index (χ0v) is 25.2. The van der Waals surface area contributed by atoms with Crippen LogP contribution in [0.1, 0.15) is 44.6 Å². The maximum atomic E-state index is 13.5. The molecule has 12 heteroatoms. The molecule has 2 saturated heterocycles. The molecule has 0 bridgehead atoms. The van der Waals surface area contributed by atoms with Crippen LogP contribution in [-0.4, -0.2) is 111 Å². The van der Waals surface area contributed by atoms with Gasteiger partial charge in [0.25, 0.3) is 0 Å². The van der Waals surface area contributed by atoms with Crippen LogP contribution in [0.15, 0.2) is 30.3 Å². The first kappa shape index (κ1) is 33.0. The van der Waals surface area contributed by atoms with Gasteiger partial charge in [0.05, 0.1) is 13.1 Å². The minimum Gasteiger partial charge on any atom is -0.345 e. The first-order valence-corrected chi connectivity index (χ1v) is 14.9. The average molecular weight is 586 g/mol. The number of nitrogens with one attached hydrogen (secondary N) is 5. The van der Waals surface area contributed by atoms with Gasteiger partial charge in [-0.15, -0.1) is 0 Å². The Kier molecular flexibility index (Phi) is 12.7. The summed E-state index contributed by atoms with van der Waals surface area (Å²) in [6.07, 6.45) is 4.06. The van der Waals surface area contributed by atoms with Gasteiger partial charge >= 0.3 is 0 Å². The molecular formula is C30H47N7O5. The molecule has 2 aliphatic heterocycles. The lowest BCUT2D eigenvalue weighted by atomic mass is 9.72. The number of nitrogens with zero attached hydrogens (tertiary/aromatic N) is 2. The van der Waals surface area contributed by atoms with Crippen molar-refractivity contribution in [1.82, 2.24) is 36.4 Å². The quantitative estimate of drug-likeness (QED) is 0.172. The molecule has 5 N–H and O–H groups in total. The Morgan fingerprint density at radius 3 is 2.10 bits per heavy atom. The predicted octanol–water partition coefficient (Wildman–Crippen LogP) is -0.605. The van der Waals surface area contributed by atoms with E-state index in [0.717, 1.165) is 50.9 Å². The molecule has 232 valence electrons. The third-order valence-corrected chi connectivity index (χ3v) is 8.13. The monoisotopic (exact) mass is 585 g/mol. The van der Waals surface area contributed by atoms with Crippen molar-refractivity contribution >= 4 is 29.5 Å². The van der Waals surface area contributed by atoms with Gasteiger partial charge in [0.1, 0.15) is 12.1 Å². The van der Waals surface area contributed by atoms with E-state index in [4.69, 9.17) is 0 Å². The van der Waals surface area contributed by atoms with Crippen molar-refractivity contribution in [2.24, 2.45) is 5.41 Å². The second-order valence-electron chi connectivity index (χ2n) is 11.5. The number of unbranched alkanes of at least 4 members (excludes halogenated alkanes) is 1. The van der Waals surface area contributed by atoms with Crippen LogP contribution in [-0.2, 0) is 30.4 Å². The van der Waals surface area contributed by atoms with Gasteiger partial charge in [-0.25, -0.2) is 0 Å². The maximum absolute atomic E-state index is 13.5. The number of carbonyl (C=O) groups excluding carboxylic acids is 5. The molecule has 2 atom stereocenters. The first-order chi connectivity index (χ1) is 20.2. The standard InChI is InChI=1S/C30H47N7O5/c1-22(38)37-20-30(21-37)12-15-36(16-13-30)29(42)24(11-7-8-14-31-2)34-27(40)19-33-28(41)25(35-26(39)18-32-3)17-23-9-5-4-6-10-23/h4-6,9-10,24-25,31-32H,7-8,11-21H2,1-3H3,(H,33,41)(H,34,40)(H,35,39)/t24-,25?/m1/s1. The summed E-state index contributed by atoms with van der Waals surface area (Å²) in [5.41, 5.74) is 0.968. The van der Waals surface area contributed by atoms with Gasteiger partial charge in [0.15, 0.2) is 0 Å². The van der Waals surface area contributed by atoms with E-state index in [9.17, 15) is 24.0 Å². The van der Waals surface area contributed by atoms with Crippen LogP contribution < -0.4 is 26.6 Å². The number of likely N-dealkylation sites (N-methyl/N-ethyl adjacent to an activating group) is 1. The highest BCUT2D eigenvalue weighted by atomic mass is 16.2. The first-order valence-electron chi connectivity index (χ1n) is 14.9. The summed E-state index contributed by atoms with van der Waals surface area (Å²) in [5, 5.41) is 14.1. The van der Waals surface area contributed by atoms with Gasteiger partial charge in [-0.2, -0.15) is 0 Å². The molecule has 0 aromatic heterocycles. The molecule has 0 aliphatic carbocycles. The molecule has 0 saturated carbocycles. The van der Waals surface area contributed by atoms with Crippen molar-refractivity contribution in [3.8, 4) is 0 Å². The Morgan fingerprint density at radius 2 is 1.48 bits per heavy atom. The van der Waals surface area contributed by atoms with Gasteiger partial charge in [-0.05, 0) is 58.3 Å². The summed E-state index contributed by atoms with van der Waals surface area (Å²) < 4.78 is 0. The fourth-order valence-electron chi connectivity index (χ4n) is 5.63. The number of piperidine rings is 1. The average Bonchev–Trinajstić information content (AvgIpc) is 2.96. The number of amides is 5. The third kappa shape index (κ3) is 9.80. The lowest BCUT2D eigenvalue weighted by Crippen LogP contribution is -2.62. The molecule has 0 radical (unpaired) electrons. The van der Waals surface area contributed by atoms with Crippen molar-refractivity contribution in [2.45, 2.75) is 57.5 Å². The number of carbonyl (C=O) groups is 5. The van der Waals surface area contributed by atoms with Crippen LogP contribution in [0.4, 0.5) is 0 Å². The van der Waals surface area contributed by atoms with Crippen molar-refractivity contribution in [3.63, 3.8) is 0 Å². The van der Waals surface area contributed by atoms with E-state index in [-0.39, 0.29) is 42.6 Å². The predicted molar refractivity (Wildman–Crippen MR) is 159 cm³/mol. The Bertz CT molecular complexity index is 1070. The summed E-state index contributed by atoms with van der Waals surface area (Å²) in [6.45, 7) is 4.82. The summed E-state index contributed by atoms with van der Waals surface area (Å²) in [4.78, 5) is 67.0. The molecule has 3 rings (SSSR count). The Morgan fingerprint density at radius 1 is 0.833 bits per heavy atom. The van der Waals surface area contributed by atoms with Crippen LogP contribution >= 0.6 is 0 Å². The highest BCUT2D eigenvalue weighted by Gasteiger charge is 2.46. The number of likely N-dealkylation sites (tertiary alicyclic amines) is 2. The summed E-state index contributed by atoms with van der Waals surface area (Å²) >= 11 is 0. The summed E-state index contributed by atoms with van der Waals surface area (Å²) in [5.74, 6) is -1.29. The molecule has 5 amide bonds. The largest absolute Gasteiger partial charge is 0.345 e. The molecule has 1 aromatic rings. The van der Waals surface area contributed by atoms with Gasteiger partial charge in [0.2, 0.25) is 29.5 Å². The highest BCUT2D eigenvalue weighted by molar-refractivity contribution is 5.93. The van der Waals surface area contributed by atoms with E-state index in [2.05, 4.69) is 26.6 Å². The van der Waals surface area contributed by atoms with Crippen molar-refractivity contribution in [1.29, 1.82) is 0 Å². The lowest BCUT2D eigenvalue weighted by Gasteiger charge is -2.54. The van der Waals surface area contributed by atoms with Gasteiger partial charge < -0.3 is 36.4 Å². The number of benzene rings is 1. The van der Waals surface area contributed by atoms with Gasteiger partial charge in [-0.1, -0.05) is 30.3 Å². The molecular weight excluding hydrogens is 538 g/mol. The van der Waals surface area contributed by atoms with E-state index in [1.807, 2.05) is 47.2 Å². The second kappa shape index (κ2) is 16.2. The maximum Gasteiger partial charge on any atom is 0.245 e. The fourth-order valence-corrected chi connectivity index (χ4v) is 5.63. The number of hydrogen-bond donors (Lipinski definition) is 5. The van der Waals surface area contributed by atoms with E-state index >= 15 is 0 Å². The number of hydrogen-bond acceptors (Lipinski definition) is 7. The summed E-state index contributed by atoms with van der Waals surface area (Å²) in [7, 11) is 3.51. The van der Waals surface area contributed by atoms with E-state index < -0.39 is 23.9 Å².